The molecule has 0 bridgehead atoms. The van der Waals surface area contributed by atoms with Crippen LogP contribution in [0.4, 0.5) is 4.39 Å². The number of methoxy groups -OCH3 is 1. The molecule has 0 radical (unpaired) electrons. The Labute approximate surface area is 86.5 Å². The molecule has 2 nitrogen and oxygen atoms in total. The third kappa shape index (κ3) is 1.90. The van der Waals surface area contributed by atoms with Gasteiger partial charge in [-0.2, -0.15) is 0 Å². The van der Waals surface area contributed by atoms with Crippen molar-refractivity contribution in [1.82, 2.24) is 0 Å². The van der Waals surface area contributed by atoms with Gasteiger partial charge in [-0.15, -0.1) is 11.8 Å². The van der Waals surface area contributed by atoms with Gasteiger partial charge in [0, 0.05) is 10.5 Å². The van der Waals surface area contributed by atoms with Crippen molar-refractivity contribution in [2.45, 2.75) is 11.8 Å². The van der Waals surface area contributed by atoms with Crippen LogP contribution in [0.5, 0.6) is 0 Å². The highest BCUT2D eigenvalue weighted by Crippen LogP contribution is 2.24. The Balaban J connectivity index is 3.24. The number of carbonyl (C=O) groups excluding carboxylic acids is 1. The van der Waals surface area contributed by atoms with Gasteiger partial charge >= 0.3 is 5.97 Å². The summed E-state index contributed by atoms with van der Waals surface area (Å²) in [6.45, 7) is 1.57. The van der Waals surface area contributed by atoms with E-state index >= 15 is 0 Å². The molecule has 0 unspecified atom stereocenters. The molecule has 76 valence electrons. The lowest BCUT2D eigenvalue weighted by atomic mass is 10.1. The number of hydrogen-bond donors (Lipinski definition) is 0. The maximum Gasteiger partial charge on any atom is 0.338 e. The second-order valence-corrected chi connectivity index (χ2v) is 3.59. The number of halogens is 1. The fraction of sp³-hybridized carbons (Fsp3) is 0.300. The zero-order chi connectivity index (χ0) is 10.7. The lowest BCUT2D eigenvalue weighted by molar-refractivity contribution is 0.0599. The van der Waals surface area contributed by atoms with Crippen LogP contribution in [0.1, 0.15) is 15.9 Å². The summed E-state index contributed by atoms with van der Waals surface area (Å²) in [5, 5.41) is 0. The standard InChI is InChI=1S/C10H11FO2S/c1-6-7(10(12)13-2)4-5-8(14-3)9(6)11/h4-5H,1-3H3. The molecule has 0 aliphatic carbocycles. The monoisotopic (exact) mass is 214 g/mol. The van der Waals surface area contributed by atoms with Crippen molar-refractivity contribution in [3.05, 3.63) is 29.1 Å². The predicted molar refractivity (Wildman–Crippen MR) is 54.3 cm³/mol. The van der Waals surface area contributed by atoms with E-state index in [1.807, 2.05) is 0 Å². The summed E-state index contributed by atoms with van der Waals surface area (Å²) in [6.07, 6.45) is 1.79. The predicted octanol–water partition coefficient (Wildman–Crippen LogP) is 2.64. The minimum absolute atomic E-state index is 0.280. The lowest BCUT2D eigenvalue weighted by Crippen LogP contribution is -2.05. The van der Waals surface area contributed by atoms with Crippen LogP contribution in [0.3, 0.4) is 0 Å². The quantitative estimate of drug-likeness (QED) is 0.559. The number of carbonyl (C=O) groups is 1. The summed E-state index contributed by atoms with van der Waals surface area (Å²) in [5.74, 6) is -0.852. The average Bonchev–Trinajstić information content (AvgIpc) is 2.21. The van der Waals surface area contributed by atoms with Gasteiger partial charge in [0.05, 0.1) is 12.7 Å². The highest BCUT2D eigenvalue weighted by Gasteiger charge is 2.14. The van der Waals surface area contributed by atoms with E-state index < -0.39 is 5.97 Å². The highest BCUT2D eigenvalue weighted by atomic mass is 32.2. The van der Waals surface area contributed by atoms with E-state index in [1.54, 1.807) is 25.3 Å². The Morgan fingerprint density at radius 1 is 1.50 bits per heavy atom. The maximum atomic E-state index is 13.5. The van der Waals surface area contributed by atoms with Crippen molar-refractivity contribution in [2.24, 2.45) is 0 Å². The number of hydrogen-bond acceptors (Lipinski definition) is 3. The first kappa shape index (κ1) is 11.0. The van der Waals surface area contributed by atoms with E-state index in [0.717, 1.165) is 0 Å². The number of ether oxygens (including phenoxy) is 1. The molecule has 4 heteroatoms. The smallest absolute Gasteiger partial charge is 0.338 e. The van der Waals surface area contributed by atoms with Gasteiger partial charge in [-0.25, -0.2) is 9.18 Å². The van der Waals surface area contributed by atoms with Gasteiger partial charge in [-0.1, -0.05) is 0 Å². The number of esters is 1. The van der Waals surface area contributed by atoms with Crippen molar-refractivity contribution < 1.29 is 13.9 Å². The zero-order valence-corrected chi connectivity index (χ0v) is 9.07. The molecule has 0 aliphatic rings. The van der Waals surface area contributed by atoms with E-state index in [1.165, 1.54) is 18.9 Å². The van der Waals surface area contributed by atoms with Gasteiger partial charge in [0.25, 0.3) is 0 Å². The Morgan fingerprint density at radius 3 is 2.64 bits per heavy atom. The van der Waals surface area contributed by atoms with Crippen LogP contribution in [0.25, 0.3) is 0 Å². The molecule has 0 atom stereocenters. The van der Waals surface area contributed by atoms with E-state index in [2.05, 4.69) is 4.74 Å². The number of thioether (sulfide) groups is 1. The lowest BCUT2D eigenvalue weighted by Gasteiger charge is -2.07. The summed E-state index contributed by atoms with van der Waals surface area (Å²) >= 11 is 1.31. The molecule has 0 N–H and O–H groups in total. The molecule has 0 fully saturated rings. The minimum atomic E-state index is -0.506. The molecule has 1 aromatic carbocycles. The van der Waals surface area contributed by atoms with Gasteiger partial charge in [0.1, 0.15) is 5.82 Å². The molecular weight excluding hydrogens is 203 g/mol. The average molecular weight is 214 g/mol. The SMILES string of the molecule is COC(=O)c1ccc(SC)c(F)c1C. The topological polar surface area (TPSA) is 26.3 Å². The third-order valence-electron chi connectivity index (χ3n) is 1.98. The number of benzene rings is 1. The molecule has 0 aromatic heterocycles. The molecule has 1 rings (SSSR count). The van der Waals surface area contributed by atoms with Crippen molar-refractivity contribution in [2.75, 3.05) is 13.4 Å². The molecular formula is C10H11FO2S. The molecule has 0 saturated heterocycles. The molecule has 0 saturated carbocycles. The molecule has 14 heavy (non-hydrogen) atoms. The summed E-state index contributed by atoms with van der Waals surface area (Å²) in [7, 11) is 1.28. The Morgan fingerprint density at radius 2 is 2.14 bits per heavy atom. The van der Waals surface area contributed by atoms with Crippen molar-refractivity contribution >= 4 is 17.7 Å². The third-order valence-corrected chi connectivity index (χ3v) is 2.73. The summed E-state index contributed by atoms with van der Waals surface area (Å²) in [4.78, 5) is 11.7. The molecule has 0 amide bonds. The van der Waals surface area contributed by atoms with Crippen LogP contribution in [0.15, 0.2) is 17.0 Å². The van der Waals surface area contributed by atoms with E-state index in [0.29, 0.717) is 10.5 Å². The summed E-state index contributed by atoms with van der Waals surface area (Å²) in [5.41, 5.74) is 0.617. The van der Waals surface area contributed by atoms with Crippen LogP contribution >= 0.6 is 11.8 Å². The Hall–Kier alpha value is -1.03. The van der Waals surface area contributed by atoms with Gasteiger partial charge in [-0.3, -0.25) is 0 Å². The second kappa shape index (κ2) is 4.46. The number of rotatable bonds is 2. The fourth-order valence-electron chi connectivity index (χ4n) is 1.15. The normalized spacial score (nSPS) is 10.0. The van der Waals surface area contributed by atoms with Crippen molar-refractivity contribution in [1.29, 1.82) is 0 Å². The van der Waals surface area contributed by atoms with Crippen molar-refractivity contribution in [3.63, 3.8) is 0 Å². The molecule has 0 heterocycles. The van der Waals surface area contributed by atoms with Gasteiger partial charge < -0.3 is 4.74 Å². The molecule has 0 spiro atoms. The van der Waals surface area contributed by atoms with Crippen molar-refractivity contribution in [3.8, 4) is 0 Å². The van der Waals surface area contributed by atoms with Crippen LogP contribution in [0, 0.1) is 12.7 Å². The highest BCUT2D eigenvalue weighted by molar-refractivity contribution is 7.98. The van der Waals surface area contributed by atoms with Crippen LogP contribution in [-0.2, 0) is 4.74 Å². The first-order valence-electron chi connectivity index (χ1n) is 4.03. The van der Waals surface area contributed by atoms with Crippen LogP contribution in [0.2, 0.25) is 0 Å². The van der Waals surface area contributed by atoms with Gasteiger partial charge in [0.15, 0.2) is 0 Å². The van der Waals surface area contributed by atoms with Gasteiger partial charge in [-0.05, 0) is 25.3 Å². The molecule has 0 aliphatic heterocycles. The summed E-state index contributed by atoms with van der Waals surface area (Å²) < 4.78 is 18.1. The minimum Gasteiger partial charge on any atom is -0.465 e. The Bertz CT molecular complexity index is 363. The van der Waals surface area contributed by atoms with E-state index in [9.17, 15) is 9.18 Å². The summed E-state index contributed by atoms with van der Waals surface area (Å²) in [6, 6.07) is 3.16. The fourth-order valence-corrected chi connectivity index (χ4v) is 1.69. The largest absolute Gasteiger partial charge is 0.465 e. The van der Waals surface area contributed by atoms with E-state index in [-0.39, 0.29) is 11.4 Å². The van der Waals surface area contributed by atoms with Gasteiger partial charge in [0.2, 0.25) is 0 Å². The first-order valence-corrected chi connectivity index (χ1v) is 5.25. The Kier molecular flexibility index (Phi) is 3.52. The van der Waals surface area contributed by atoms with E-state index in [4.69, 9.17) is 0 Å². The van der Waals surface area contributed by atoms with Crippen LogP contribution in [-0.4, -0.2) is 19.3 Å². The first-order chi connectivity index (χ1) is 6.61. The van der Waals surface area contributed by atoms with Crippen LogP contribution < -0.4 is 0 Å². The second-order valence-electron chi connectivity index (χ2n) is 2.75. The zero-order valence-electron chi connectivity index (χ0n) is 8.26. The maximum absolute atomic E-state index is 13.5. The molecule has 1 aromatic rings.